The van der Waals surface area contributed by atoms with E-state index in [1.165, 1.54) is 17.3 Å². The standard InChI is InChI=1S/C14H21N3OS/c1-3-4-5-6-10-18-14-13(16-19-17-14)12-8-7-9-15-11(12)2/h5-6,8,11,15H,3-4,7,9-10H2,1-2H3. The molecule has 0 radical (unpaired) electrons. The molecule has 1 aliphatic heterocycles. The number of allylic oxidation sites excluding steroid dienone is 1. The van der Waals surface area contributed by atoms with Gasteiger partial charge in [0.15, 0.2) is 0 Å². The second kappa shape index (κ2) is 7.40. The zero-order valence-electron chi connectivity index (χ0n) is 11.6. The summed E-state index contributed by atoms with van der Waals surface area (Å²) in [5.41, 5.74) is 2.10. The minimum atomic E-state index is 0.315. The number of ether oxygens (including phenoxy) is 1. The number of hydrogen-bond acceptors (Lipinski definition) is 5. The highest BCUT2D eigenvalue weighted by atomic mass is 32.1. The van der Waals surface area contributed by atoms with Crippen LogP contribution in [0.1, 0.15) is 38.8 Å². The first kappa shape index (κ1) is 14.2. The minimum absolute atomic E-state index is 0.315. The highest BCUT2D eigenvalue weighted by molar-refractivity contribution is 6.99. The van der Waals surface area contributed by atoms with Gasteiger partial charge in [-0.05, 0) is 31.9 Å². The van der Waals surface area contributed by atoms with Crippen molar-refractivity contribution in [1.82, 2.24) is 14.1 Å². The number of nitrogens with one attached hydrogen (secondary N) is 1. The fraction of sp³-hybridized carbons (Fsp3) is 0.571. The highest BCUT2D eigenvalue weighted by Gasteiger charge is 2.21. The zero-order valence-corrected chi connectivity index (χ0v) is 12.4. The van der Waals surface area contributed by atoms with Crippen LogP contribution in [-0.2, 0) is 0 Å². The topological polar surface area (TPSA) is 47.0 Å². The van der Waals surface area contributed by atoms with Crippen molar-refractivity contribution in [3.63, 3.8) is 0 Å². The van der Waals surface area contributed by atoms with Gasteiger partial charge in [-0.3, -0.25) is 0 Å². The van der Waals surface area contributed by atoms with Gasteiger partial charge >= 0.3 is 0 Å². The largest absolute Gasteiger partial charge is 0.471 e. The lowest BCUT2D eigenvalue weighted by Gasteiger charge is -2.21. The quantitative estimate of drug-likeness (QED) is 0.813. The second-order valence-electron chi connectivity index (χ2n) is 4.61. The Bertz CT molecular complexity index is 453. The van der Waals surface area contributed by atoms with Crippen molar-refractivity contribution >= 4 is 17.3 Å². The van der Waals surface area contributed by atoms with E-state index in [4.69, 9.17) is 4.74 Å². The Morgan fingerprint density at radius 3 is 3.16 bits per heavy atom. The Morgan fingerprint density at radius 2 is 2.37 bits per heavy atom. The number of nitrogens with zero attached hydrogens (tertiary/aromatic N) is 2. The van der Waals surface area contributed by atoms with Crippen LogP contribution < -0.4 is 10.1 Å². The SMILES string of the molecule is CCCC=CCOc1nsnc1C1=CCCNC1C. The molecular weight excluding hydrogens is 258 g/mol. The average molecular weight is 279 g/mol. The zero-order chi connectivity index (χ0) is 13.5. The maximum Gasteiger partial charge on any atom is 0.253 e. The molecule has 0 aromatic carbocycles. The van der Waals surface area contributed by atoms with Crippen LogP contribution in [-0.4, -0.2) is 27.9 Å². The highest BCUT2D eigenvalue weighted by Crippen LogP contribution is 2.28. The molecule has 1 aromatic heterocycles. The summed E-state index contributed by atoms with van der Waals surface area (Å²) < 4.78 is 14.3. The molecule has 4 nitrogen and oxygen atoms in total. The van der Waals surface area contributed by atoms with Crippen molar-refractivity contribution in [3.8, 4) is 5.88 Å². The molecule has 0 saturated heterocycles. The second-order valence-corrected chi connectivity index (χ2v) is 5.14. The fourth-order valence-electron chi connectivity index (χ4n) is 2.05. The molecule has 0 saturated carbocycles. The number of rotatable bonds is 6. The number of hydrogen-bond donors (Lipinski definition) is 1. The van der Waals surface area contributed by atoms with E-state index in [1.807, 2.05) is 6.08 Å². The summed E-state index contributed by atoms with van der Waals surface area (Å²) in [5, 5.41) is 3.43. The molecule has 104 valence electrons. The molecule has 2 heterocycles. The molecule has 2 rings (SSSR count). The Morgan fingerprint density at radius 1 is 1.47 bits per heavy atom. The van der Waals surface area contributed by atoms with E-state index in [1.54, 1.807) is 0 Å². The first-order valence-electron chi connectivity index (χ1n) is 6.87. The van der Waals surface area contributed by atoms with Crippen LogP contribution in [0.4, 0.5) is 0 Å². The average Bonchev–Trinajstić information content (AvgIpc) is 2.87. The van der Waals surface area contributed by atoms with E-state index in [0.717, 1.165) is 31.5 Å². The van der Waals surface area contributed by atoms with Gasteiger partial charge in [0.05, 0.1) is 11.7 Å². The third kappa shape index (κ3) is 3.88. The lowest BCUT2D eigenvalue weighted by atomic mass is 10.0. The third-order valence-electron chi connectivity index (χ3n) is 3.10. The van der Waals surface area contributed by atoms with Crippen molar-refractivity contribution in [2.24, 2.45) is 0 Å². The molecule has 0 bridgehead atoms. The summed E-state index contributed by atoms with van der Waals surface area (Å²) in [6, 6.07) is 0.315. The van der Waals surface area contributed by atoms with E-state index in [-0.39, 0.29) is 0 Å². The fourth-order valence-corrected chi connectivity index (χ4v) is 2.57. The van der Waals surface area contributed by atoms with Crippen LogP contribution in [0.2, 0.25) is 0 Å². The monoisotopic (exact) mass is 279 g/mol. The normalized spacial score (nSPS) is 19.7. The minimum Gasteiger partial charge on any atom is -0.471 e. The number of unbranched alkanes of at least 4 members (excludes halogenated alkanes) is 1. The van der Waals surface area contributed by atoms with Gasteiger partial charge in [0.1, 0.15) is 12.3 Å². The maximum absolute atomic E-state index is 5.71. The van der Waals surface area contributed by atoms with E-state index in [2.05, 4.69) is 40.1 Å². The summed E-state index contributed by atoms with van der Waals surface area (Å²) >= 11 is 1.21. The van der Waals surface area contributed by atoms with Crippen molar-refractivity contribution in [2.45, 2.75) is 39.2 Å². The molecule has 1 aliphatic rings. The third-order valence-corrected chi connectivity index (χ3v) is 3.61. The van der Waals surface area contributed by atoms with E-state index >= 15 is 0 Å². The summed E-state index contributed by atoms with van der Waals surface area (Å²) in [6.45, 7) is 5.90. The van der Waals surface area contributed by atoms with Gasteiger partial charge in [0.2, 0.25) is 0 Å². The van der Waals surface area contributed by atoms with Crippen LogP contribution in [0.5, 0.6) is 5.88 Å². The van der Waals surface area contributed by atoms with E-state index in [0.29, 0.717) is 18.5 Å². The Kier molecular flexibility index (Phi) is 5.54. The van der Waals surface area contributed by atoms with Crippen molar-refractivity contribution in [2.75, 3.05) is 13.2 Å². The Balaban J connectivity index is 1.99. The summed E-state index contributed by atoms with van der Waals surface area (Å²) in [7, 11) is 0. The maximum atomic E-state index is 5.71. The molecule has 0 aliphatic carbocycles. The smallest absolute Gasteiger partial charge is 0.253 e. The van der Waals surface area contributed by atoms with Gasteiger partial charge in [0.25, 0.3) is 5.88 Å². The van der Waals surface area contributed by atoms with Crippen LogP contribution >= 0.6 is 11.7 Å². The van der Waals surface area contributed by atoms with Gasteiger partial charge in [-0.15, -0.1) is 4.37 Å². The summed E-state index contributed by atoms with van der Waals surface area (Å²) in [5.74, 6) is 0.660. The molecular formula is C14H21N3OS. The summed E-state index contributed by atoms with van der Waals surface area (Å²) in [4.78, 5) is 0. The summed E-state index contributed by atoms with van der Waals surface area (Å²) in [6.07, 6.45) is 9.71. The van der Waals surface area contributed by atoms with Crippen molar-refractivity contribution in [3.05, 3.63) is 23.9 Å². The van der Waals surface area contributed by atoms with Gasteiger partial charge in [0, 0.05) is 6.04 Å². The first-order chi connectivity index (χ1) is 9.33. The number of aromatic nitrogens is 2. The van der Waals surface area contributed by atoms with Crippen LogP contribution in [0.3, 0.4) is 0 Å². The predicted octanol–water partition coefficient (Wildman–Crippen LogP) is 3.04. The Labute approximate surface area is 118 Å². The van der Waals surface area contributed by atoms with Crippen molar-refractivity contribution in [1.29, 1.82) is 0 Å². The first-order valence-corrected chi connectivity index (χ1v) is 7.60. The molecule has 1 atom stereocenters. The van der Waals surface area contributed by atoms with Crippen LogP contribution in [0.15, 0.2) is 18.2 Å². The molecule has 0 fully saturated rings. The van der Waals surface area contributed by atoms with Gasteiger partial charge in [-0.1, -0.05) is 31.6 Å². The Hall–Kier alpha value is -1.20. The van der Waals surface area contributed by atoms with Crippen molar-refractivity contribution < 1.29 is 4.74 Å². The molecule has 1 aromatic rings. The van der Waals surface area contributed by atoms with Gasteiger partial charge in [-0.2, -0.15) is 4.37 Å². The molecule has 5 heteroatoms. The van der Waals surface area contributed by atoms with Crippen LogP contribution in [0.25, 0.3) is 5.57 Å². The van der Waals surface area contributed by atoms with Gasteiger partial charge < -0.3 is 10.1 Å². The molecule has 0 spiro atoms. The molecule has 0 amide bonds. The van der Waals surface area contributed by atoms with Crippen LogP contribution in [0, 0.1) is 0 Å². The predicted molar refractivity (Wildman–Crippen MR) is 79.5 cm³/mol. The lowest BCUT2D eigenvalue weighted by molar-refractivity contribution is 0.349. The van der Waals surface area contributed by atoms with Gasteiger partial charge in [-0.25, -0.2) is 0 Å². The van der Waals surface area contributed by atoms with E-state index in [9.17, 15) is 0 Å². The lowest BCUT2D eigenvalue weighted by Crippen LogP contribution is -2.31. The molecule has 1 unspecified atom stereocenters. The van der Waals surface area contributed by atoms with E-state index < -0.39 is 0 Å². The molecule has 1 N–H and O–H groups in total. The molecule has 19 heavy (non-hydrogen) atoms.